The van der Waals surface area contributed by atoms with Crippen molar-refractivity contribution >= 4 is 10.1 Å². The van der Waals surface area contributed by atoms with E-state index >= 15 is 0 Å². The average molecular weight is 403 g/mol. The predicted octanol–water partition coefficient (Wildman–Crippen LogP) is 2.16. The van der Waals surface area contributed by atoms with Crippen molar-refractivity contribution < 1.29 is 69.5 Å². The van der Waals surface area contributed by atoms with Crippen molar-refractivity contribution in [2.45, 2.75) is 122 Å². The normalized spacial score (nSPS) is 14.1. The third-order valence-electron chi connectivity index (χ3n) is 4.72. The monoisotopic (exact) mass is 402 g/mol. The minimum absolute atomic E-state index is 0. The van der Waals surface area contributed by atoms with Crippen molar-refractivity contribution in [3.8, 4) is 0 Å². The van der Waals surface area contributed by atoms with Crippen LogP contribution in [0.2, 0.25) is 0 Å². The van der Waals surface area contributed by atoms with Crippen LogP contribution in [0.1, 0.15) is 110 Å². The zero-order valence-electron chi connectivity index (χ0n) is 16.8. The van der Waals surface area contributed by atoms with Gasteiger partial charge in [0.2, 0.25) is 0 Å². The Hall–Kier alpha value is 1.51. The Balaban J connectivity index is 0. The van der Waals surface area contributed by atoms with Gasteiger partial charge in [0.15, 0.2) is 0 Å². The summed E-state index contributed by atoms with van der Waals surface area (Å²) in [4.78, 5) is 0. The number of aliphatic hydroxyl groups is 1. The molecule has 0 spiro atoms. The van der Waals surface area contributed by atoms with Gasteiger partial charge in [-0.15, -0.1) is 0 Å². The maximum Gasteiger partial charge on any atom is 1.00 e. The summed E-state index contributed by atoms with van der Waals surface area (Å²) in [5.74, 6) is 0. The Kier molecular flexibility index (Phi) is 21.7. The molecule has 0 aliphatic heterocycles. The summed E-state index contributed by atoms with van der Waals surface area (Å²) in [6.07, 6.45) is 14.0. The molecular formula is C19H39KO4S. The summed E-state index contributed by atoms with van der Waals surface area (Å²) < 4.78 is 34.1. The molecule has 25 heavy (non-hydrogen) atoms. The predicted molar refractivity (Wildman–Crippen MR) is 100 cm³/mol. The number of rotatable bonds is 17. The number of hydrogen-bond donors (Lipinski definition) is 1. The smallest absolute Gasteiger partial charge is 0.748 e. The molecule has 0 aromatic rings. The van der Waals surface area contributed by atoms with E-state index < -0.39 is 15.4 Å². The number of hydrogen-bond acceptors (Lipinski definition) is 4. The second-order valence-corrected chi connectivity index (χ2v) is 8.76. The van der Waals surface area contributed by atoms with Crippen LogP contribution in [0.15, 0.2) is 0 Å². The van der Waals surface area contributed by atoms with E-state index in [9.17, 15) is 18.1 Å². The average Bonchev–Trinajstić information content (AvgIpc) is 2.50. The van der Waals surface area contributed by atoms with Crippen LogP contribution in [0, 0.1) is 0 Å². The van der Waals surface area contributed by atoms with Gasteiger partial charge >= 0.3 is 51.4 Å². The molecule has 0 aliphatic carbocycles. The Labute approximate surface area is 199 Å². The molecule has 0 saturated carbocycles. The van der Waals surface area contributed by atoms with E-state index in [1.165, 1.54) is 38.5 Å². The molecule has 0 saturated heterocycles. The standard InChI is InChI=1S/C19H40O4S.K/c1-3-5-6-7-8-9-10-11-12-16-19(24(21,22)23)17-13-15-18(20)14-4-2;/h18-20H,3-17H2,1-2H3,(H,21,22,23);/q;+1/p-1. The van der Waals surface area contributed by atoms with E-state index in [2.05, 4.69) is 6.92 Å². The van der Waals surface area contributed by atoms with Crippen LogP contribution in [0.5, 0.6) is 0 Å². The third kappa shape index (κ3) is 18.6. The minimum atomic E-state index is -4.21. The Morgan fingerprint density at radius 2 is 1.20 bits per heavy atom. The van der Waals surface area contributed by atoms with E-state index in [0.717, 1.165) is 32.1 Å². The van der Waals surface area contributed by atoms with Crippen LogP contribution in [0.3, 0.4) is 0 Å². The minimum Gasteiger partial charge on any atom is -0.748 e. The zero-order valence-corrected chi connectivity index (χ0v) is 20.8. The van der Waals surface area contributed by atoms with Crippen LogP contribution >= 0.6 is 0 Å². The molecule has 1 N–H and O–H groups in total. The fraction of sp³-hybridized carbons (Fsp3) is 1.00. The maximum absolute atomic E-state index is 11.4. The summed E-state index contributed by atoms with van der Waals surface area (Å²) in [7, 11) is -4.21. The largest absolute Gasteiger partial charge is 1.00 e. The zero-order chi connectivity index (χ0) is 18.3. The molecule has 0 heterocycles. The first kappa shape index (κ1) is 28.7. The van der Waals surface area contributed by atoms with Gasteiger partial charge in [-0.1, -0.05) is 78.1 Å². The van der Waals surface area contributed by atoms with Crippen LogP contribution in [-0.4, -0.2) is 29.4 Å². The van der Waals surface area contributed by atoms with Crippen molar-refractivity contribution in [3.05, 3.63) is 0 Å². The van der Waals surface area contributed by atoms with Crippen molar-refractivity contribution in [3.63, 3.8) is 0 Å². The van der Waals surface area contributed by atoms with Crippen LogP contribution < -0.4 is 51.4 Å². The fourth-order valence-corrected chi connectivity index (χ4v) is 4.09. The molecule has 2 unspecified atom stereocenters. The summed E-state index contributed by atoms with van der Waals surface area (Å²) >= 11 is 0. The third-order valence-corrected chi connectivity index (χ3v) is 6.01. The van der Waals surface area contributed by atoms with Crippen molar-refractivity contribution in [1.82, 2.24) is 0 Å². The molecule has 146 valence electrons. The van der Waals surface area contributed by atoms with E-state index in [-0.39, 0.29) is 57.5 Å². The van der Waals surface area contributed by atoms with Gasteiger partial charge in [-0.3, -0.25) is 0 Å². The molecule has 0 fully saturated rings. The molecular weight excluding hydrogens is 363 g/mol. The van der Waals surface area contributed by atoms with E-state index in [0.29, 0.717) is 25.7 Å². The summed E-state index contributed by atoms with van der Waals surface area (Å²) in [5, 5.41) is 8.92. The van der Waals surface area contributed by atoms with Gasteiger partial charge in [0, 0.05) is 5.25 Å². The molecule has 0 aromatic carbocycles. The molecule has 0 amide bonds. The molecule has 0 radical (unpaired) electrons. The van der Waals surface area contributed by atoms with Crippen LogP contribution in [0.25, 0.3) is 0 Å². The van der Waals surface area contributed by atoms with Gasteiger partial charge in [-0.2, -0.15) is 0 Å². The first-order valence-electron chi connectivity index (χ1n) is 10.0. The van der Waals surface area contributed by atoms with Crippen LogP contribution in [0.4, 0.5) is 0 Å². The van der Waals surface area contributed by atoms with Crippen molar-refractivity contribution in [1.29, 1.82) is 0 Å². The molecule has 0 aromatic heterocycles. The molecule has 0 rings (SSSR count). The topological polar surface area (TPSA) is 77.4 Å². The number of unbranched alkanes of at least 4 members (excludes halogenated alkanes) is 8. The second kappa shape index (κ2) is 18.9. The van der Waals surface area contributed by atoms with Gasteiger partial charge in [0.05, 0.1) is 16.2 Å². The van der Waals surface area contributed by atoms with E-state index in [1.54, 1.807) is 0 Å². The Morgan fingerprint density at radius 3 is 1.68 bits per heavy atom. The molecule has 0 aliphatic rings. The first-order chi connectivity index (χ1) is 11.4. The van der Waals surface area contributed by atoms with Gasteiger partial charge in [-0.05, 0) is 32.1 Å². The van der Waals surface area contributed by atoms with Gasteiger partial charge in [0.1, 0.15) is 0 Å². The first-order valence-corrected chi connectivity index (χ1v) is 11.5. The Morgan fingerprint density at radius 1 is 0.720 bits per heavy atom. The van der Waals surface area contributed by atoms with Gasteiger partial charge in [-0.25, -0.2) is 8.42 Å². The summed E-state index contributed by atoms with van der Waals surface area (Å²) in [5.41, 5.74) is 0. The molecule has 4 nitrogen and oxygen atoms in total. The van der Waals surface area contributed by atoms with Crippen molar-refractivity contribution in [2.24, 2.45) is 0 Å². The maximum atomic E-state index is 11.4. The summed E-state index contributed by atoms with van der Waals surface area (Å²) in [6, 6.07) is 0. The van der Waals surface area contributed by atoms with Gasteiger partial charge < -0.3 is 9.66 Å². The fourth-order valence-electron chi connectivity index (χ4n) is 3.17. The van der Waals surface area contributed by atoms with E-state index in [1.807, 2.05) is 6.92 Å². The molecule has 6 heteroatoms. The van der Waals surface area contributed by atoms with E-state index in [4.69, 9.17) is 0 Å². The molecule has 2 atom stereocenters. The SMILES string of the molecule is CCCCCCCCCCCC(CCCC(O)CCC)S(=O)(=O)[O-].[K+]. The van der Waals surface area contributed by atoms with Gasteiger partial charge in [0.25, 0.3) is 0 Å². The number of aliphatic hydroxyl groups excluding tert-OH is 1. The quantitative estimate of drug-likeness (QED) is 0.230. The summed E-state index contributed by atoms with van der Waals surface area (Å²) in [6.45, 7) is 4.23. The molecule has 0 bridgehead atoms. The van der Waals surface area contributed by atoms with Crippen LogP contribution in [-0.2, 0) is 10.1 Å². The Bertz CT molecular complexity index is 374. The van der Waals surface area contributed by atoms with Crippen molar-refractivity contribution in [2.75, 3.05) is 0 Å². The second-order valence-electron chi connectivity index (χ2n) is 7.11.